The average molecular weight is 225 g/mol. The summed E-state index contributed by atoms with van der Waals surface area (Å²) in [6.07, 6.45) is 0.112. The zero-order valence-electron chi connectivity index (χ0n) is 10.3. The van der Waals surface area contributed by atoms with Crippen molar-refractivity contribution in [3.05, 3.63) is 11.8 Å². The van der Waals surface area contributed by atoms with Crippen LogP contribution in [0.4, 0.5) is 5.95 Å². The van der Waals surface area contributed by atoms with Crippen molar-refractivity contribution in [2.75, 3.05) is 25.6 Å². The minimum absolute atomic E-state index is 0.112. The van der Waals surface area contributed by atoms with E-state index in [1.54, 1.807) is 7.11 Å². The summed E-state index contributed by atoms with van der Waals surface area (Å²) < 4.78 is 10.5. The second-order valence-electron chi connectivity index (χ2n) is 3.76. The number of nitrogens with zero attached hydrogens (tertiary/aromatic N) is 2. The molecule has 0 fully saturated rings. The van der Waals surface area contributed by atoms with E-state index in [-0.39, 0.29) is 6.10 Å². The van der Waals surface area contributed by atoms with E-state index >= 15 is 0 Å². The first kappa shape index (κ1) is 12.7. The topological polar surface area (TPSA) is 56.3 Å². The first-order valence-electron chi connectivity index (χ1n) is 5.37. The number of ether oxygens (including phenoxy) is 2. The zero-order valence-corrected chi connectivity index (χ0v) is 10.3. The fraction of sp³-hybridized carbons (Fsp3) is 0.636. The van der Waals surface area contributed by atoms with Crippen molar-refractivity contribution in [3.63, 3.8) is 0 Å². The molecule has 0 amide bonds. The first-order chi connectivity index (χ1) is 7.61. The SMILES string of the molecule is COCCNc1nc(C)cc(OC(C)C)n1. The van der Waals surface area contributed by atoms with Crippen molar-refractivity contribution in [2.45, 2.75) is 26.9 Å². The lowest BCUT2D eigenvalue weighted by Gasteiger charge is -2.11. The molecule has 0 unspecified atom stereocenters. The van der Waals surface area contributed by atoms with Crippen LogP contribution in [0.2, 0.25) is 0 Å². The van der Waals surface area contributed by atoms with Crippen molar-refractivity contribution >= 4 is 5.95 Å². The molecule has 0 aromatic carbocycles. The molecule has 0 aliphatic heterocycles. The van der Waals surface area contributed by atoms with E-state index in [1.807, 2.05) is 26.8 Å². The second kappa shape index (κ2) is 6.27. The maximum atomic E-state index is 5.52. The molecule has 0 saturated carbocycles. The predicted molar refractivity (Wildman–Crippen MR) is 62.9 cm³/mol. The monoisotopic (exact) mass is 225 g/mol. The summed E-state index contributed by atoms with van der Waals surface area (Å²) in [6, 6.07) is 1.82. The van der Waals surface area contributed by atoms with E-state index in [0.717, 1.165) is 5.69 Å². The van der Waals surface area contributed by atoms with Gasteiger partial charge in [-0.1, -0.05) is 0 Å². The number of methoxy groups -OCH3 is 1. The Kier molecular flexibility index (Phi) is 4.98. The molecular weight excluding hydrogens is 206 g/mol. The predicted octanol–water partition coefficient (Wildman–Crippen LogP) is 1.63. The van der Waals surface area contributed by atoms with Crippen molar-refractivity contribution in [1.82, 2.24) is 9.97 Å². The highest BCUT2D eigenvalue weighted by molar-refractivity contribution is 5.30. The third-order valence-electron chi connectivity index (χ3n) is 1.78. The molecular formula is C11H19N3O2. The molecule has 1 N–H and O–H groups in total. The van der Waals surface area contributed by atoms with Gasteiger partial charge in [0.15, 0.2) is 0 Å². The van der Waals surface area contributed by atoms with E-state index in [2.05, 4.69) is 15.3 Å². The third-order valence-corrected chi connectivity index (χ3v) is 1.78. The molecule has 1 heterocycles. The van der Waals surface area contributed by atoms with Gasteiger partial charge >= 0.3 is 0 Å². The molecule has 5 heteroatoms. The molecule has 1 rings (SSSR count). The molecule has 0 aliphatic carbocycles. The van der Waals surface area contributed by atoms with Crippen molar-refractivity contribution in [1.29, 1.82) is 0 Å². The van der Waals surface area contributed by atoms with Crippen LogP contribution in [0.5, 0.6) is 5.88 Å². The number of hydrogen-bond donors (Lipinski definition) is 1. The standard InChI is InChI=1S/C11H19N3O2/c1-8(2)16-10-7-9(3)13-11(14-10)12-5-6-15-4/h7-8H,5-6H2,1-4H3,(H,12,13,14). The Balaban J connectivity index is 2.65. The smallest absolute Gasteiger partial charge is 0.226 e. The van der Waals surface area contributed by atoms with Crippen LogP contribution < -0.4 is 10.1 Å². The quantitative estimate of drug-likeness (QED) is 0.746. The lowest BCUT2D eigenvalue weighted by molar-refractivity contribution is 0.210. The number of nitrogens with one attached hydrogen (secondary N) is 1. The highest BCUT2D eigenvalue weighted by Crippen LogP contribution is 2.13. The van der Waals surface area contributed by atoms with Crippen molar-refractivity contribution < 1.29 is 9.47 Å². The third kappa shape index (κ3) is 4.44. The summed E-state index contributed by atoms with van der Waals surface area (Å²) in [6.45, 7) is 7.15. The van der Waals surface area contributed by atoms with Gasteiger partial charge in [0, 0.05) is 25.4 Å². The fourth-order valence-corrected chi connectivity index (χ4v) is 1.19. The minimum Gasteiger partial charge on any atom is -0.475 e. The van der Waals surface area contributed by atoms with Crippen LogP contribution in [-0.2, 0) is 4.74 Å². The number of anilines is 1. The Morgan fingerprint density at radius 1 is 1.38 bits per heavy atom. The van der Waals surface area contributed by atoms with Crippen LogP contribution in [0.1, 0.15) is 19.5 Å². The summed E-state index contributed by atoms with van der Waals surface area (Å²) in [5.74, 6) is 1.18. The van der Waals surface area contributed by atoms with Gasteiger partial charge in [0.05, 0.1) is 12.7 Å². The molecule has 0 bridgehead atoms. The fourth-order valence-electron chi connectivity index (χ4n) is 1.19. The molecule has 90 valence electrons. The first-order valence-corrected chi connectivity index (χ1v) is 5.37. The van der Waals surface area contributed by atoms with Crippen molar-refractivity contribution in [3.8, 4) is 5.88 Å². The summed E-state index contributed by atoms with van der Waals surface area (Å²) >= 11 is 0. The van der Waals surface area contributed by atoms with E-state index in [4.69, 9.17) is 9.47 Å². The molecule has 1 aromatic heterocycles. The molecule has 0 atom stereocenters. The molecule has 0 aliphatic rings. The Labute approximate surface area is 96.2 Å². The van der Waals surface area contributed by atoms with Gasteiger partial charge in [0.25, 0.3) is 0 Å². The Hall–Kier alpha value is -1.36. The molecule has 1 aromatic rings. The molecule has 5 nitrogen and oxygen atoms in total. The van der Waals surface area contributed by atoms with E-state index in [9.17, 15) is 0 Å². The van der Waals surface area contributed by atoms with Gasteiger partial charge in [0.1, 0.15) is 0 Å². The number of aryl methyl sites for hydroxylation is 1. The van der Waals surface area contributed by atoms with Crippen LogP contribution in [0, 0.1) is 6.92 Å². The summed E-state index contributed by atoms with van der Waals surface area (Å²) in [4.78, 5) is 8.50. The van der Waals surface area contributed by atoms with Gasteiger partial charge in [-0.25, -0.2) is 4.98 Å². The Bertz CT molecular complexity index is 329. The summed E-state index contributed by atoms with van der Waals surface area (Å²) in [5.41, 5.74) is 0.880. The van der Waals surface area contributed by atoms with Gasteiger partial charge in [-0.2, -0.15) is 4.98 Å². The van der Waals surface area contributed by atoms with Gasteiger partial charge in [0.2, 0.25) is 11.8 Å². The maximum absolute atomic E-state index is 5.52. The van der Waals surface area contributed by atoms with Crippen LogP contribution in [0.25, 0.3) is 0 Å². The van der Waals surface area contributed by atoms with Gasteiger partial charge < -0.3 is 14.8 Å². The molecule has 0 saturated heterocycles. The lowest BCUT2D eigenvalue weighted by Crippen LogP contribution is -2.13. The molecule has 16 heavy (non-hydrogen) atoms. The Morgan fingerprint density at radius 2 is 2.12 bits per heavy atom. The molecule has 0 radical (unpaired) electrons. The second-order valence-corrected chi connectivity index (χ2v) is 3.76. The molecule has 0 spiro atoms. The van der Waals surface area contributed by atoms with Gasteiger partial charge in [-0.3, -0.25) is 0 Å². The maximum Gasteiger partial charge on any atom is 0.226 e. The minimum atomic E-state index is 0.112. The number of hydrogen-bond acceptors (Lipinski definition) is 5. The van der Waals surface area contributed by atoms with Crippen LogP contribution in [0.3, 0.4) is 0 Å². The highest BCUT2D eigenvalue weighted by atomic mass is 16.5. The largest absolute Gasteiger partial charge is 0.475 e. The number of rotatable bonds is 6. The number of aromatic nitrogens is 2. The Morgan fingerprint density at radius 3 is 2.75 bits per heavy atom. The summed E-state index contributed by atoms with van der Waals surface area (Å²) in [5, 5.41) is 3.07. The van der Waals surface area contributed by atoms with E-state index in [1.165, 1.54) is 0 Å². The normalized spacial score (nSPS) is 10.6. The zero-order chi connectivity index (χ0) is 12.0. The van der Waals surface area contributed by atoms with Crippen molar-refractivity contribution in [2.24, 2.45) is 0 Å². The van der Waals surface area contributed by atoms with Crippen LogP contribution >= 0.6 is 0 Å². The highest BCUT2D eigenvalue weighted by Gasteiger charge is 2.04. The van der Waals surface area contributed by atoms with Gasteiger partial charge in [-0.15, -0.1) is 0 Å². The van der Waals surface area contributed by atoms with E-state index in [0.29, 0.717) is 25.0 Å². The summed E-state index contributed by atoms with van der Waals surface area (Å²) in [7, 11) is 1.66. The van der Waals surface area contributed by atoms with Gasteiger partial charge in [-0.05, 0) is 20.8 Å². The average Bonchev–Trinajstić information content (AvgIpc) is 2.16. The van der Waals surface area contributed by atoms with Crippen LogP contribution in [0.15, 0.2) is 6.07 Å². The van der Waals surface area contributed by atoms with Crippen LogP contribution in [-0.4, -0.2) is 36.3 Å². The lowest BCUT2D eigenvalue weighted by atomic mass is 10.4. The van der Waals surface area contributed by atoms with E-state index < -0.39 is 0 Å².